The molecular weight excluding hydrogens is 280 g/mol. The fraction of sp³-hybridized carbons (Fsp3) is 0.471. The number of rotatable bonds is 7. The van der Waals surface area contributed by atoms with Gasteiger partial charge in [0.1, 0.15) is 0 Å². The van der Waals surface area contributed by atoms with Crippen molar-refractivity contribution in [2.75, 3.05) is 13.1 Å². The lowest BCUT2D eigenvalue weighted by molar-refractivity contribution is -0.122. The van der Waals surface area contributed by atoms with Gasteiger partial charge < -0.3 is 10.6 Å². The lowest BCUT2D eigenvalue weighted by Gasteiger charge is -2.06. The molecule has 0 radical (unpaired) electrons. The lowest BCUT2D eigenvalue weighted by Crippen LogP contribution is -2.33. The molecule has 0 bridgehead atoms. The van der Waals surface area contributed by atoms with Crippen molar-refractivity contribution in [1.29, 1.82) is 0 Å². The van der Waals surface area contributed by atoms with Crippen LogP contribution >= 0.6 is 0 Å². The van der Waals surface area contributed by atoms with E-state index in [9.17, 15) is 14.4 Å². The van der Waals surface area contributed by atoms with Crippen molar-refractivity contribution in [1.82, 2.24) is 10.6 Å². The van der Waals surface area contributed by atoms with Crippen LogP contribution in [0.4, 0.5) is 0 Å². The molecule has 22 heavy (non-hydrogen) atoms. The number of aryl methyl sites for hydroxylation is 2. The van der Waals surface area contributed by atoms with E-state index in [0.29, 0.717) is 18.7 Å². The number of benzene rings is 1. The van der Waals surface area contributed by atoms with Gasteiger partial charge in [-0.15, -0.1) is 0 Å². The lowest BCUT2D eigenvalue weighted by atomic mass is 10.0. The summed E-state index contributed by atoms with van der Waals surface area (Å²) in [6.45, 7) is 2.21. The van der Waals surface area contributed by atoms with Crippen LogP contribution in [0.3, 0.4) is 0 Å². The average Bonchev–Trinajstić information content (AvgIpc) is 2.96. The monoisotopic (exact) mass is 302 g/mol. The molecule has 2 rings (SSSR count). The highest BCUT2D eigenvalue weighted by Gasteiger charge is 2.14. The van der Waals surface area contributed by atoms with Gasteiger partial charge in [-0.2, -0.15) is 0 Å². The minimum atomic E-state index is -0.167. The number of amides is 2. The molecule has 0 aromatic heterocycles. The Bertz CT molecular complexity index is 581. The highest BCUT2D eigenvalue weighted by molar-refractivity contribution is 5.98. The van der Waals surface area contributed by atoms with Crippen LogP contribution in [0.15, 0.2) is 18.2 Å². The Morgan fingerprint density at radius 2 is 1.73 bits per heavy atom. The van der Waals surface area contributed by atoms with Crippen LogP contribution in [0.25, 0.3) is 0 Å². The molecule has 2 N–H and O–H groups in total. The van der Waals surface area contributed by atoms with Crippen molar-refractivity contribution < 1.29 is 14.4 Å². The van der Waals surface area contributed by atoms with E-state index in [-0.39, 0.29) is 30.4 Å². The maximum atomic E-state index is 12.1. The van der Waals surface area contributed by atoms with Gasteiger partial charge in [0.2, 0.25) is 11.8 Å². The molecule has 2 amide bonds. The second kappa shape index (κ2) is 7.73. The van der Waals surface area contributed by atoms with Crippen LogP contribution in [0.1, 0.15) is 47.7 Å². The van der Waals surface area contributed by atoms with Gasteiger partial charge in [-0.25, -0.2) is 0 Å². The van der Waals surface area contributed by atoms with E-state index in [4.69, 9.17) is 0 Å². The zero-order valence-electron chi connectivity index (χ0n) is 12.9. The molecule has 0 aliphatic heterocycles. The van der Waals surface area contributed by atoms with Crippen LogP contribution in [-0.2, 0) is 22.4 Å². The molecule has 118 valence electrons. The number of nitrogens with one attached hydrogen (secondary N) is 2. The predicted octanol–water partition coefficient (Wildman–Crippen LogP) is 1.39. The second-order valence-electron chi connectivity index (χ2n) is 5.59. The maximum absolute atomic E-state index is 12.1. The second-order valence-corrected chi connectivity index (χ2v) is 5.59. The smallest absolute Gasteiger partial charge is 0.220 e. The van der Waals surface area contributed by atoms with E-state index >= 15 is 0 Å². The van der Waals surface area contributed by atoms with Crippen molar-refractivity contribution >= 4 is 17.6 Å². The highest BCUT2D eigenvalue weighted by atomic mass is 16.2. The molecule has 5 nitrogen and oxygen atoms in total. The van der Waals surface area contributed by atoms with Gasteiger partial charge in [0.15, 0.2) is 5.78 Å². The standard InChI is InChI=1S/C17H22N2O3/c1-12(20)18-9-10-19-17(22)8-7-16(21)15-6-5-13-3-2-4-14(13)11-15/h5-6,11H,2-4,7-10H2,1H3,(H,18,20)(H,19,22). The van der Waals surface area contributed by atoms with Crippen LogP contribution in [0.5, 0.6) is 0 Å². The minimum absolute atomic E-state index is 0.00621. The Balaban J connectivity index is 1.73. The van der Waals surface area contributed by atoms with Gasteiger partial charge >= 0.3 is 0 Å². The molecule has 1 aromatic rings. The Kier molecular flexibility index (Phi) is 5.69. The highest BCUT2D eigenvalue weighted by Crippen LogP contribution is 2.23. The molecular formula is C17H22N2O3. The number of hydrogen-bond acceptors (Lipinski definition) is 3. The van der Waals surface area contributed by atoms with Gasteiger partial charge in [0.05, 0.1) is 0 Å². The SMILES string of the molecule is CC(=O)NCCNC(=O)CCC(=O)c1ccc2c(c1)CCC2. The van der Waals surface area contributed by atoms with Crippen molar-refractivity contribution in [3.05, 3.63) is 34.9 Å². The summed E-state index contributed by atoms with van der Waals surface area (Å²) in [6, 6.07) is 5.86. The predicted molar refractivity (Wildman–Crippen MR) is 83.7 cm³/mol. The third-order valence-corrected chi connectivity index (χ3v) is 3.82. The molecule has 1 aromatic carbocycles. The summed E-state index contributed by atoms with van der Waals surface area (Å²) >= 11 is 0. The Hall–Kier alpha value is -2.17. The first-order valence-electron chi connectivity index (χ1n) is 7.72. The summed E-state index contributed by atoms with van der Waals surface area (Å²) in [4.78, 5) is 34.4. The summed E-state index contributed by atoms with van der Waals surface area (Å²) in [5.74, 6) is -0.285. The van der Waals surface area contributed by atoms with Crippen LogP contribution in [0, 0.1) is 0 Å². The first-order valence-corrected chi connectivity index (χ1v) is 7.72. The van der Waals surface area contributed by atoms with E-state index in [1.165, 1.54) is 18.1 Å². The fourth-order valence-electron chi connectivity index (χ4n) is 2.65. The van der Waals surface area contributed by atoms with Gasteiger partial charge in [-0.1, -0.05) is 12.1 Å². The fourth-order valence-corrected chi connectivity index (χ4v) is 2.65. The molecule has 0 heterocycles. The Morgan fingerprint density at radius 3 is 2.50 bits per heavy atom. The molecule has 0 saturated heterocycles. The maximum Gasteiger partial charge on any atom is 0.220 e. The zero-order valence-corrected chi connectivity index (χ0v) is 12.9. The van der Waals surface area contributed by atoms with E-state index in [2.05, 4.69) is 10.6 Å². The number of fused-ring (bicyclic) bond motifs is 1. The third-order valence-electron chi connectivity index (χ3n) is 3.82. The van der Waals surface area contributed by atoms with Gasteiger partial charge in [-0.3, -0.25) is 14.4 Å². The van der Waals surface area contributed by atoms with E-state index in [0.717, 1.165) is 19.3 Å². The van der Waals surface area contributed by atoms with Crippen molar-refractivity contribution in [3.8, 4) is 0 Å². The van der Waals surface area contributed by atoms with Gasteiger partial charge in [0, 0.05) is 38.4 Å². The molecule has 1 aliphatic carbocycles. The first-order chi connectivity index (χ1) is 10.6. The van der Waals surface area contributed by atoms with Crippen LogP contribution in [-0.4, -0.2) is 30.7 Å². The van der Waals surface area contributed by atoms with Crippen LogP contribution in [0.2, 0.25) is 0 Å². The quantitative estimate of drug-likeness (QED) is 0.590. The van der Waals surface area contributed by atoms with Gasteiger partial charge in [0.25, 0.3) is 0 Å². The normalized spacial score (nSPS) is 12.6. The molecule has 5 heteroatoms. The molecule has 1 aliphatic rings. The summed E-state index contributed by atoms with van der Waals surface area (Å²) < 4.78 is 0. The van der Waals surface area contributed by atoms with Gasteiger partial charge in [-0.05, 0) is 36.5 Å². The van der Waals surface area contributed by atoms with E-state index in [1.54, 1.807) is 0 Å². The molecule has 0 atom stereocenters. The summed E-state index contributed by atoms with van der Waals surface area (Å²) in [5.41, 5.74) is 3.31. The van der Waals surface area contributed by atoms with Crippen molar-refractivity contribution in [2.24, 2.45) is 0 Å². The largest absolute Gasteiger partial charge is 0.355 e. The Labute approximate surface area is 130 Å². The number of ketones is 1. The van der Waals surface area contributed by atoms with Crippen molar-refractivity contribution in [3.63, 3.8) is 0 Å². The van der Waals surface area contributed by atoms with E-state index in [1.807, 2.05) is 18.2 Å². The summed E-state index contributed by atoms with van der Waals surface area (Å²) in [7, 11) is 0. The molecule has 0 fully saturated rings. The zero-order chi connectivity index (χ0) is 15.9. The molecule has 0 spiro atoms. The number of carbonyl (C=O) groups excluding carboxylic acids is 3. The molecule has 0 saturated carbocycles. The number of Topliss-reactive ketones (excluding diaryl/α,β-unsaturated/α-hetero) is 1. The summed E-state index contributed by atoms with van der Waals surface area (Å²) in [6.07, 6.45) is 3.69. The number of carbonyl (C=O) groups is 3. The topological polar surface area (TPSA) is 75.3 Å². The third kappa shape index (κ3) is 4.69. The minimum Gasteiger partial charge on any atom is -0.355 e. The first kappa shape index (κ1) is 16.2. The van der Waals surface area contributed by atoms with Crippen molar-refractivity contribution in [2.45, 2.75) is 39.0 Å². The average molecular weight is 302 g/mol. The molecule has 0 unspecified atom stereocenters. The van der Waals surface area contributed by atoms with E-state index < -0.39 is 0 Å². The number of hydrogen-bond donors (Lipinski definition) is 2. The Morgan fingerprint density at radius 1 is 1.00 bits per heavy atom. The summed E-state index contributed by atoms with van der Waals surface area (Å²) in [5, 5.41) is 5.28. The van der Waals surface area contributed by atoms with Crippen LogP contribution < -0.4 is 10.6 Å².